The van der Waals surface area contributed by atoms with E-state index in [1.54, 1.807) is 12.4 Å². The van der Waals surface area contributed by atoms with Gasteiger partial charge in [-0.3, -0.25) is 4.79 Å². The van der Waals surface area contributed by atoms with Crippen LogP contribution in [0.25, 0.3) is 0 Å². The van der Waals surface area contributed by atoms with Crippen LogP contribution in [0.15, 0.2) is 16.9 Å². The number of carbonyl (C=O) groups excluding carboxylic acids is 1. The van der Waals surface area contributed by atoms with Gasteiger partial charge >= 0.3 is 0 Å². The van der Waals surface area contributed by atoms with Crippen LogP contribution in [0.3, 0.4) is 0 Å². The molecule has 1 atom stereocenters. The zero-order chi connectivity index (χ0) is 11.5. The molecule has 1 amide bonds. The van der Waals surface area contributed by atoms with Gasteiger partial charge in [0.2, 0.25) is 11.9 Å². The number of nitrogens with two attached hydrogens (primary N) is 1. The van der Waals surface area contributed by atoms with Crippen LogP contribution in [0.5, 0.6) is 0 Å². The van der Waals surface area contributed by atoms with Crippen LogP contribution in [0.4, 0.5) is 5.95 Å². The van der Waals surface area contributed by atoms with E-state index < -0.39 is 12.0 Å². The molecule has 0 bridgehead atoms. The first-order valence-corrected chi connectivity index (χ1v) is 5.59. The molecule has 0 saturated carbocycles. The van der Waals surface area contributed by atoms with Gasteiger partial charge in [-0.05, 0) is 15.9 Å². The number of halogens is 1. The summed E-state index contributed by atoms with van der Waals surface area (Å²) in [6.45, 7) is 1.51. The number of ether oxygens (including phenoxy) is 1. The molecule has 1 aliphatic rings. The third-order valence-corrected chi connectivity index (χ3v) is 2.68. The van der Waals surface area contributed by atoms with E-state index in [4.69, 9.17) is 10.5 Å². The quantitative estimate of drug-likeness (QED) is 0.823. The summed E-state index contributed by atoms with van der Waals surface area (Å²) in [6, 6.07) is 0. The van der Waals surface area contributed by atoms with Gasteiger partial charge in [0.15, 0.2) is 6.10 Å². The average molecular weight is 287 g/mol. The van der Waals surface area contributed by atoms with Crippen LogP contribution < -0.4 is 10.6 Å². The van der Waals surface area contributed by atoms with Crippen LogP contribution >= 0.6 is 15.9 Å². The summed E-state index contributed by atoms with van der Waals surface area (Å²) in [4.78, 5) is 21.2. The number of rotatable bonds is 2. The lowest BCUT2D eigenvalue weighted by molar-refractivity contribution is -0.130. The first-order valence-electron chi connectivity index (χ1n) is 4.80. The van der Waals surface area contributed by atoms with Gasteiger partial charge in [0, 0.05) is 18.9 Å². The number of carbonyl (C=O) groups is 1. The fraction of sp³-hybridized carbons (Fsp3) is 0.444. The first kappa shape index (κ1) is 11.3. The molecule has 0 aromatic carbocycles. The number of nitrogens with zero attached hydrogens (tertiary/aromatic N) is 3. The molecule has 1 aliphatic heterocycles. The standard InChI is InChI=1S/C9H11BrN4O2/c10-6-3-12-9(13-4-6)14-1-2-16-7(5-14)8(11)15/h3-4,7H,1-2,5H2,(H2,11,15). The molecule has 6 nitrogen and oxygen atoms in total. The lowest BCUT2D eigenvalue weighted by atomic mass is 10.2. The van der Waals surface area contributed by atoms with Crippen molar-refractivity contribution in [3.63, 3.8) is 0 Å². The predicted molar refractivity (Wildman–Crippen MR) is 60.9 cm³/mol. The van der Waals surface area contributed by atoms with Gasteiger partial charge in [0.1, 0.15) is 0 Å². The highest BCUT2D eigenvalue weighted by Gasteiger charge is 2.25. The second-order valence-electron chi connectivity index (χ2n) is 3.41. The monoisotopic (exact) mass is 286 g/mol. The van der Waals surface area contributed by atoms with E-state index in [1.807, 2.05) is 4.90 Å². The van der Waals surface area contributed by atoms with E-state index in [0.29, 0.717) is 25.6 Å². The van der Waals surface area contributed by atoms with Gasteiger partial charge in [-0.1, -0.05) is 0 Å². The Hall–Kier alpha value is -1.21. The third kappa shape index (κ3) is 2.48. The van der Waals surface area contributed by atoms with Gasteiger partial charge in [-0.15, -0.1) is 0 Å². The van der Waals surface area contributed by atoms with E-state index in [2.05, 4.69) is 25.9 Å². The third-order valence-electron chi connectivity index (χ3n) is 2.27. The summed E-state index contributed by atoms with van der Waals surface area (Å²) >= 11 is 3.26. The number of primary amides is 1. The van der Waals surface area contributed by atoms with E-state index in [9.17, 15) is 4.79 Å². The normalized spacial score (nSPS) is 20.8. The zero-order valence-corrected chi connectivity index (χ0v) is 10.1. The summed E-state index contributed by atoms with van der Waals surface area (Å²) in [5.74, 6) is 0.125. The largest absolute Gasteiger partial charge is 0.367 e. The fourth-order valence-electron chi connectivity index (χ4n) is 1.47. The topological polar surface area (TPSA) is 81.3 Å². The minimum Gasteiger partial charge on any atom is -0.367 e. The minimum atomic E-state index is -0.582. The molecule has 2 N–H and O–H groups in total. The van der Waals surface area contributed by atoms with E-state index >= 15 is 0 Å². The Balaban J connectivity index is 2.09. The molecule has 1 saturated heterocycles. The Labute approximate surface area is 101 Å². The summed E-state index contributed by atoms with van der Waals surface area (Å²) in [5, 5.41) is 0. The number of hydrogen-bond donors (Lipinski definition) is 1. The van der Waals surface area contributed by atoms with E-state index in [0.717, 1.165) is 4.47 Å². The predicted octanol–water partition coefficient (Wildman–Crippen LogP) is -0.0704. The van der Waals surface area contributed by atoms with Crippen LogP contribution in [0, 0.1) is 0 Å². The molecule has 1 aromatic rings. The maximum Gasteiger partial charge on any atom is 0.248 e. The van der Waals surface area contributed by atoms with Crippen LogP contribution in [-0.2, 0) is 9.53 Å². The molecule has 1 unspecified atom stereocenters. The van der Waals surface area contributed by atoms with Crippen molar-refractivity contribution in [2.24, 2.45) is 5.73 Å². The van der Waals surface area contributed by atoms with Crippen molar-refractivity contribution >= 4 is 27.8 Å². The van der Waals surface area contributed by atoms with Crippen molar-refractivity contribution in [3.05, 3.63) is 16.9 Å². The highest BCUT2D eigenvalue weighted by Crippen LogP contribution is 2.14. The van der Waals surface area contributed by atoms with E-state index in [-0.39, 0.29) is 0 Å². The molecule has 2 rings (SSSR count). The van der Waals surface area contributed by atoms with Crippen LogP contribution in [0.1, 0.15) is 0 Å². The van der Waals surface area contributed by atoms with Gasteiger partial charge in [-0.25, -0.2) is 9.97 Å². The Morgan fingerprint density at radius 3 is 2.88 bits per heavy atom. The highest BCUT2D eigenvalue weighted by molar-refractivity contribution is 9.10. The van der Waals surface area contributed by atoms with Crippen molar-refractivity contribution in [1.29, 1.82) is 0 Å². The SMILES string of the molecule is NC(=O)C1CN(c2ncc(Br)cn2)CCO1. The van der Waals surface area contributed by atoms with Crippen molar-refractivity contribution in [1.82, 2.24) is 9.97 Å². The van der Waals surface area contributed by atoms with Crippen molar-refractivity contribution in [2.45, 2.75) is 6.10 Å². The van der Waals surface area contributed by atoms with Crippen LogP contribution in [0.2, 0.25) is 0 Å². The Kier molecular flexibility index (Phi) is 3.35. The second-order valence-corrected chi connectivity index (χ2v) is 4.32. The lowest BCUT2D eigenvalue weighted by Crippen LogP contribution is -2.49. The van der Waals surface area contributed by atoms with Crippen molar-refractivity contribution in [2.75, 3.05) is 24.6 Å². The number of aromatic nitrogens is 2. The Morgan fingerprint density at radius 2 is 2.25 bits per heavy atom. The van der Waals surface area contributed by atoms with E-state index in [1.165, 1.54) is 0 Å². The number of anilines is 1. The van der Waals surface area contributed by atoms with Gasteiger partial charge in [0.05, 0.1) is 17.6 Å². The molecule has 1 fully saturated rings. The highest BCUT2D eigenvalue weighted by atomic mass is 79.9. The Bertz CT molecular complexity index is 384. The number of morpholine rings is 1. The summed E-state index contributed by atoms with van der Waals surface area (Å²) < 4.78 is 6.05. The molecule has 1 aromatic heterocycles. The minimum absolute atomic E-state index is 0.400. The summed E-state index contributed by atoms with van der Waals surface area (Å²) in [7, 11) is 0. The lowest BCUT2D eigenvalue weighted by Gasteiger charge is -2.31. The molecule has 0 spiro atoms. The molecule has 16 heavy (non-hydrogen) atoms. The second kappa shape index (κ2) is 4.75. The summed E-state index contributed by atoms with van der Waals surface area (Å²) in [5.41, 5.74) is 5.19. The summed E-state index contributed by atoms with van der Waals surface area (Å²) in [6.07, 6.45) is 2.75. The maximum absolute atomic E-state index is 11.0. The number of amides is 1. The number of hydrogen-bond acceptors (Lipinski definition) is 5. The molecule has 0 aliphatic carbocycles. The molecular formula is C9H11BrN4O2. The Morgan fingerprint density at radius 1 is 1.56 bits per heavy atom. The van der Waals surface area contributed by atoms with Crippen LogP contribution in [-0.4, -0.2) is 41.7 Å². The first-order chi connectivity index (χ1) is 7.66. The zero-order valence-electron chi connectivity index (χ0n) is 8.47. The van der Waals surface area contributed by atoms with Gasteiger partial charge < -0.3 is 15.4 Å². The molecule has 86 valence electrons. The molecule has 2 heterocycles. The molecule has 7 heteroatoms. The fourth-order valence-corrected chi connectivity index (χ4v) is 1.68. The van der Waals surface area contributed by atoms with Crippen molar-refractivity contribution in [3.8, 4) is 0 Å². The average Bonchev–Trinajstić information content (AvgIpc) is 2.30. The van der Waals surface area contributed by atoms with Gasteiger partial charge in [0.25, 0.3) is 0 Å². The van der Waals surface area contributed by atoms with Gasteiger partial charge in [-0.2, -0.15) is 0 Å². The molecular weight excluding hydrogens is 276 g/mol. The maximum atomic E-state index is 11.0. The smallest absolute Gasteiger partial charge is 0.248 e. The molecule has 0 radical (unpaired) electrons. The van der Waals surface area contributed by atoms with Crippen molar-refractivity contribution < 1.29 is 9.53 Å².